The Balaban J connectivity index is 3.17. The Labute approximate surface area is 103 Å². The number of rotatable bonds is 6. The Hall–Kier alpha value is -1.14. The van der Waals surface area contributed by atoms with Gasteiger partial charge in [0, 0.05) is 12.7 Å². The summed E-state index contributed by atoms with van der Waals surface area (Å²) in [6.07, 6.45) is 0.150. The average Bonchev–Trinajstić information content (AvgIpc) is 2.34. The molecule has 1 atom stereocenters. The molecule has 0 saturated heterocycles. The van der Waals surface area contributed by atoms with Crippen LogP contribution in [0.3, 0.4) is 0 Å². The quantitative estimate of drug-likeness (QED) is 0.634. The van der Waals surface area contributed by atoms with Crippen LogP contribution < -0.4 is 5.73 Å². The molecule has 0 aliphatic carbocycles. The summed E-state index contributed by atoms with van der Waals surface area (Å²) in [5.74, 6) is -4.56. The third-order valence-corrected chi connectivity index (χ3v) is 2.67. The molecule has 0 bridgehead atoms. The first-order valence-corrected chi connectivity index (χ1v) is 5.48. The fourth-order valence-electron chi connectivity index (χ4n) is 1.77. The maximum atomic E-state index is 14.6. The zero-order valence-electron chi connectivity index (χ0n) is 9.98. The van der Waals surface area contributed by atoms with Crippen LogP contribution >= 0.6 is 0 Å². The standard InChI is InChI=1S/C12H15F4NO/c1-18-7-12(16,5-2-6-17)8-3-4-9(13)11(15)10(8)14/h3-4H,2,5-7,17H2,1H3. The highest BCUT2D eigenvalue weighted by Gasteiger charge is 2.36. The molecule has 18 heavy (non-hydrogen) atoms. The van der Waals surface area contributed by atoms with E-state index < -0.39 is 35.3 Å². The first kappa shape index (κ1) is 14.9. The van der Waals surface area contributed by atoms with Gasteiger partial charge in [0.15, 0.2) is 23.1 Å². The van der Waals surface area contributed by atoms with Crippen molar-refractivity contribution in [2.75, 3.05) is 20.3 Å². The lowest BCUT2D eigenvalue weighted by atomic mass is 9.91. The van der Waals surface area contributed by atoms with Crippen LogP contribution in [0.2, 0.25) is 0 Å². The van der Waals surface area contributed by atoms with Crippen LogP contribution in [0.1, 0.15) is 18.4 Å². The van der Waals surface area contributed by atoms with Crippen molar-refractivity contribution < 1.29 is 22.3 Å². The molecule has 0 fully saturated rings. The SMILES string of the molecule is COCC(F)(CCCN)c1ccc(F)c(F)c1F. The number of nitrogens with two attached hydrogens (primary N) is 1. The summed E-state index contributed by atoms with van der Waals surface area (Å²) in [5, 5.41) is 0. The zero-order valence-corrected chi connectivity index (χ0v) is 9.98. The van der Waals surface area contributed by atoms with Gasteiger partial charge in [-0.3, -0.25) is 0 Å². The van der Waals surface area contributed by atoms with Crippen LogP contribution in [-0.4, -0.2) is 20.3 Å². The van der Waals surface area contributed by atoms with Gasteiger partial charge in [0.05, 0.1) is 6.61 Å². The van der Waals surface area contributed by atoms with E-state index in [1.165, 1.54) is 7.11 Å². The summed E-state index contributed by atoms with van der Waals surface area (Å²) < 4.78 is 58.7. The van der Waals surface area contributed by atoms with E-state index in [2.05, 4.69) is 4.74 Å². The molecular weight excluding hydrogens is 250 g/mol. The maximum absolute atomic E-state index is 14.6. The Bertz CT molecular complexity index is 413. The molecule has 6 heteroatoms. The first-order chi connectivity index (χ1) is 8.46. The van der Waals surface area contributed by atoms with Gasteiger partial charge in [-0.2, -0.15) is 0 Å². The van der Waals surface area contributed by atoms with Gasteiger partial charge >= 0.3 is 0 Å². The summed E-state index contributed by atoms with van der Waals surface area (Å²) >= 11 is 0. The number of methoxy groups -OCH3 is 1. The van der Waals surface area contributed by atoms with Gasteiger partial charge in [-0.05, 0) is 31.5 Å². The normalized spacial score (nSPS) is 14.6. The lowest BCUT2D eigenvalue weighted by Crippen LogP contribution is -2.29. The molecule has 2 nitrogen and oxygen atoms in total. The molecule has 0 heterocycles. The van der Waals surface area contributed by atoms with E-state index in [0.717, 1.165) is 6.07 Å². The van der Waals surface area contributed by atoms with E-state index >= 15 is 0 Å². The molecule has 0 aliphatic rings. The third-order valence-electron chi connectivity index (χ3n) is 2.67. The molecule has 0 amide bonds. The Morgan fingerprint density at radius 3 is 2.44 bits per heavy atom. The summed E-state index contributed by atoms with van der Waals surface area (Å²) in [4.78, 5) is 0. The van der Waals surface area contributed by atoms with Crippen LogP contribution in [0, 0.1) is 17.5 Å². The van der Waals surface area contributed by atoms with Crippen molar-refractivity contribution in [3.05, 3.63) is 35.1 Å². The highest BCUT2D eigenvalue weighted by Crippen LogP contribution is 2.34. The lowest BCUT2D eigenvalue weighted by Gasteiger charge is -2.25. The van der Waals surface area contributed by atoms with Crippen LogP contribution in [0.15, 0.2) is 12.1 Å². The van der Waals surface area contributed by atoms with E-state index in [0.29, 0.717) is 6.07 Å². The fourth-order valence-corrected chi connectivity index (χ4v) is 1.77. The predicted molar refractivity (Wildman–Crippen MR) is 59.3 cm³/mol. The molecule has 0 radical (unpaired) electrons. The van der Waals surface area contributed by atoms with Crippen LogP contribution in [0.25, 0.3) is 0 Å². The summed E-state index contributed by atoms with van der Waals surface area (Å²) in [6, 6.07) is 1.59. The van der Waals surface area contributed by atoms with Gasteiger partial charge in [-0.15, -0.1) is 0 Å². The highest BCUT2D eigenvalue weighted by atomic mass is 19.2. The van der Waals surface area contributed by atoms with Crippen molar-refractivity contribution in [1.29, 1.82) is 0 Å². The number of hydrogen-bond acceptors (Lipinski definition) is 2. The summed E-state index contributed by atoms with van der Waals surface area (Å²) in [7, 11) is 1.24. The topological polar surface area (TPSA) is 35.2 Å². The number of halogens is 4. The average molecular weight is 265 g/mol. The van der Waals surface area contributed by atoms with Crippen molar-refractivity contribution in [3.8, 4) is 0 Å². The molecule has 0 saturated carbocycles. The fraction of sp³-hybridized carbons (Fsp3) is 0.500. The highest BCUT2D eigenvalue weighted by molar-refractivity contribution is 5.26. The molecule has 1 aromatic carbocycles. The molecular formula is C12H15F4NO. The van der Waals surface area contributed by atoms with Crippen molar-refractivity contribution in [2.24, 2.45) is 5.73 Å². The third kappa shape index (κ3) is 3.00. The monoisotopic (exact) mass is 265 g/mol. The Kier molecular flexibility index (Phi) is 5.10. The molecule has 1 aromatic rings. The van der Waals surface area contributed by atoms with Gasteiger partial charge in [-0.25, -0.2) is 17.6 Å². The molecule has 0 aliphatic heterocycles. The predicted octanol–water partition coefficient (Wildman–Crippen LogP) is 2.65. The van der Waals surface area contributed by atoms with Crippen LogP contribution in [0.5, 0.6) is 0 Å². The van der Waals surface area contributed by atoms with E-state index in [1.807, 2.05) is 0 Å². The Morgan fingerprint density at radius 2 is 1.89 bits per heavy atom. The van der Waals surface area contributed by atoms with Crippen LogP contribution in [0.4, 0.5) is 17.6 Å². The summed E-state index contributed by atoms with van der Waals surface area (Å²) in [6.45, 7) is -0.240. The van der Waals surface area contributed by atoms with Crippen molar-refractivity contribution in [3.63, 3.8) is 0 Å². The number of benzene rings is 1. The minimum Gasteiger partial charge on any atom is -0.381 e. The second-order valence-electron chi connectivity index (χ2n) is 4.01. The van der Waals surface area contributed by atoms with Crippen molar-refractivity contribution in [1.82, 2.24) is 0 Å². The van der Waals surface area contributed by atoms with Crippen LogP contribution in [-0.2, 0) is 10.4 Å². The minimum atomic E-state index is -2.22. The molecule has 2 N–H and O–H groups in total. The molecule has 102 valence electrons. The van der Waals surface area contributed by atoms with E-state index in [9.17, 15) is 17.6 Å². The number of ether oxygens (including phenoxy) is 1. The lowest BCUT2D eigenvalue weighted by molar-refractivity contribution is 0.0271. The van der Waals surface area contributed by atoms with Crippen molar-refractivity contribution in [2.45, 2.75) is 18.5 Å². The van der Waals surface area contributed by atoms with Crippen molar-refractivity contribution >= 4 is 0 Å². The van der Waals surface area contributed by atoms with E-state index in [-0.39, 0.29) is 19.4 Å². The minimum absolute atomic E-state index is 0.126. The Morgan fingerprint density at radius 1 is 1.22 bits per heavy atom. The summed E-state index contributed by atoms with van der Waals surface area (Å²) in [5.41, 5.74) is 2.51. The second-order valence-corrected chi connectivity index (χ2v) is 4.01. The molecule has 1 rings (SSSR count). The molecule has 0 spiro atoms. The second kappa shape index (κ2) is 6.15. The zero-order chi connectivity index (χ0) is 13.8. The van der Waals surface area contributed by atoms with E-state index in [1.54, 1.807) is 0 Å². The smallest absolute Gasteiger partial charge is 0.194 e. The van der Waals surface area contributed by atoms with Gasteiger partial charge < -0.3 is 10.5 Å². The largest absolute Gasteiger partial charge is 0.381 e. The maximum Gasteiger partial charge on any atom is 0.194 e. The number of alkyl halides is 1. The van der Waals surface area contributed by atoms with Gasteiger partial charge in [-0.1, -0.05) is 0 Å². The first-order valence-electron chi connectivity index (χ1n) is 5.48. The molecule has 1 unspecified atom stereocenters. The number of hydrogen-bond donors (Lipinski definition) is 1. The van der Waals surface area contributed by atoms with Gasteiger partial charge in [0.1, 0.15) is 0 Å². The molecule has 0 aromatic heterocycles. The van der Waals surface area contributed by atoms with E-state index in [4.69, 9.17) is 5.73 Å². The van der Waals surface area contributed by atoms with Gasteiger partial charge in [0.2, 0.25) is 0 Å². The van der Waals surface area contributed by atoms with Gasteiger partial charge in [0.25, 0.3) is 0 Å².